The van der Waals surface area contributed by atoms with Gasteiger partial charge in [0.05, 0.1) is 13.2 Å². The van der Waals surface area contributed by atoms with E-state index < -0.39 is 0 Å². The maximum Gasteiger partial charge on any atom is 0.225 e. The number of anilines is 1. The zero-order chi connectivity index (χ0) is 21.5. The van der Waals surface area contributed by atoms with Crippen LogP contribution in [-0.4, -0.2) is 19.1 Å². The molecule has 4 nitrogen and oxygen atoms in total. The van der Waals surface area contributed by atoms with E-state index in [1.807, 2.05) is 93.6 Å². The number of carbonyl (C=O) groups excluding carboxylic acids is 1. The average molecular weight is 404 g/mol. The highest BCUT2D eigenvalue weighted by atomic mass is 16.5. The fraction of sp³-hybridized carbons (Fsp3) is 0.269. The first-order valence-electron chi connectivity index (χ1n) is 10.2. The summed E-state index contributed by atoms with van der Waals surface area (Å²) in [5.74, 6) is 1.41. The van der Waals surface area contributed by atoms with E-state index in [0.29, 0.717) is 6.42 Å². The van der Waals surface area contributed by atoms with Crippen LogP contribution in [0.3, 0.4) is 0 Å². The molecule has 0 aliphatic heterocycles. The molecule has 1 amide bonds. The molecule has 0 saturated heterocycles. The Bertz CT molecular complexity index is 980. The third-order valence-corrected chi connectivity index (χ3v) is 4.86. The van der Waals surface area contributed by atoms with Gasteiger partial charge in [0.15, 0.2) is 0 Å². The van der Waals surface area contributed by atoms with Gasteiger partial charge in [0.1, 0.15) is 11.5 Å². The van der Waals surface area contributed by atoms with Crippen molar-refractivity contribution in [1.82, 2.24) is 0 Å². The molecule has 156 valence electrons. The second-order valence-corrected chi connectivity index (χ2v) is 7.65. The van der Waals surface area contributed by atoms with Crippen LogP contribution in [-0.2, 0) is 4.79 Å². The number of ether oxygens (including phenoxy) is 2. The quantitative estimate of drug-likeness (QED) is 0.505. The van der Waals surface area contributed by atoms with E-state index in [4.69, 9.17) is 9.47 Å². The van der Waals surface area contributed by atoms with E-state index in [1.165, 1.54) is 0 Å². The first-order chi connectivity index (χ1) is 14.5. The fourth-order valence-electron chi connectivity index (χ4n) is 3.53. The minimum absolute atomic E-state index is 0.0426. The summed E-state index contributed by atoms with van der Waals surface area (Å²) in [5, 5.41) is 3.02. The summed E-state index contributed by atoms with van der Waals surface area (Å²) in [6.45, 7) is 6.01. The minimum Gasteiger partial charge on any atom is -0.496 e. The Kier molecular flexibility index (Phi) is 7.12. The van der Waals surface area contributed by atoms with E-state index in [-0.39, 0.29) is 17.9 Å². The number of rotatable bonds is 8. The van der Waals surface area contributed by atoms with Crippen molar-refractivity contribution in [2.24, 2.45) is 0 Å². The number of para-hydroxylation sites is 1. The first kappa shape index (κ1) is 21.4. The van der Waals surface area contributed by atoms with Gasteiger partial charge in [-0.3, -0.25) is 4.79 Å². The predicted molar refractivity (Wildman–Crippen MR) is 121 cm³/mol. The molecule has 3 rings (SSSR count). The van der Waals surface area contributed by atoms with Crippen LogP contribution < -0.4 is 14.8 Å². The predicted octanol–water partition coefficient (Wildman–Crippen LogP) is 5.95. The van der Waals surface area contributed by atoms with Gasteiger partial charge in [0.2, 0.25) is 5.91 Å². The summed E-state index contributed by atoms with van der Waals surface area (Å²) in [5.41, 5.74) is 3.93. The Labute approximate surface area is 178 Å². The number of aryl methyl sites for hydroxylation is 1. The SMILES string of the molecule is COc1ccccc1[C@@H](CC(=O)Nc1cccc(C)c1)c1ccc(OC(C)C)cc1. The molecule has 0 saturated carbocycles. The Morgan fingerprint density at radius 1 is 0.967 bits per heavy atom. The van der Waals surface area contributed by atoms with Crippen molar-refractivity contribution in [1.29, 1.82) is 0 Å². The molecule has 0 heterocycles. The van der Waals surface area contributed by atoms with Crippen molar-refractivity contribution in [3.8, 4) is 11.5 Å². The third-order valence-electron chi connectivity index (χ3n) is 4.86. The van der Waals surface area contributed by atoms with Crippen molar-refractivity contribution in [3.05, 3.63) is 89.5 Å². The topological polar surface area (TPSA) is 47.6 Å². The lowest BCUT2D eigenvalue weighted by Crippen LogP contribution is -2.17. The zero-order valence-electron chi connectivity index (χ0n) is 18.0. The maximum absolute atomic E-state index is 12.9. The van der Waals surface area contributed by atoms with E-state index in [2.05, 4.69) is 5.32 Å². The molecule has 30 heavy (non-hydrogen) atoms. The third kappa shape index (κ3) is 5.63. The molecule has 0 unspecified atom stereocenters. The number of carbonyl (C=O) groups is 1. The number of benzene rings is 3. The number of amides is 1. The second-order valence-electron chi connectivity index (χ2n) is 7.65. The van der Waals surface area contributed by atoms with Gasteiger partial charge in [-0.1, -0.05) is 42.5 Å². The number of methoxy groups -OCH3 is 1. The molecule has 1 atom stereocenters. The van der Waals surface area contributed by atoms with Crippen LogP contribution in [0.1, 0.15) is 42.9 Å². The highest BCUT2D eigenvalue weighted by molar-refractivity contribution is 5.91. The molecule has 0 aliphatic carbocycles. The molecule has 0 bridgehead atoms. The summed E-state index contributed by atoms with van der Waals surface area (Å²) in [6.07, 6.45) is 0.416. The van der Waals surface area contributed by atoms with Gasteiger partial charge in [0.25, 0.3) is 0 Å². The van der Waals surface area contributed by atoms with Crippen molar-refractivity contribution in [2.75, 3.05) is 12.4 Å². The maximum atomic E-state index is 12.9. The lowest BCUT2D eigenvalue weighted by atomic mass is 9.87. The molecule has 4 heteroatoms. The van der Waals surface area contributed by atoms with Gasteiger partial charge >= 0.3 is 0 Å². The van der Waals surface area contributed by atoms with Crippen LogP contribution in [0.25, 0.3) is 0 Å². The number of hydrogen-bond acceptors (Lipinski definition) is 3. The van der Waals surface area contributed by atoms with Crippen LogP contribution >= 0.6 is 0 Å². The normalized spacial score (nSPS) is 11.8. The number of hydrogen-bond donors (Lipinski definition) is 1. The largest absolute Gasteiger partial charge is 0.496 e. The van der Waals surface area contributed by atoms with Gasteiger partial charge in [-0.2, -0.15) is 0 Å². The molecule has 3 aromatic carbocycles. The molecule has 0 spiro atoms. The summed E-state index contributed by atoms with van der Waals surface area (Å²) in [7, 11) is 1.66. The molecule has 0 radical (unpaired) electrons. The Morgan fingerprint density at radius 3 is 2.37 bits per heavy atom. The molecular weight excluding hydrogens is 374 g/mol. The molecule has 3 aromatic rings. The standard InChI is InChI=1S/C26H29NO3/c1-18(2)30-22-14-12-20(13-15-22)24(23-10-5-6-11-25(23)29-4)17-26(28)27-21-9-7-8-19(3)16-21/h5-16,18,24H,17H2,1-4H3,(H,27,28)/t24-/m0/s1. The van der Waals surface area contributed by atoms with Gasteiger partial charge < -0.3 is 14.8 Å². The fourth-order valence-corrected chi connectivity index (χ4v) is 3.53. The average Bonchev–Trinajstić information content (AvgIpc) is 2.72. The zero-order valence-corrected chi connectivity index (χ0v) is 18.0. The second kappa shape index (κ2) is 9.97. The van der Waals surface area contributed by atoms with E-state index in [0.717, 1.165) is 33.9 Å². The summed E-state index contributed by atoms with van der Waals surface area (Å²) < 4.78 is 11.4. The van der Waals surface area contributed by atoms with Crippen LogP contribution in [0.2, 0.25) is 0 Å². The lowest BCUT2D eigenvalue weighted by molar-refractivity contribution is -0.116. The first-order valence-corrected chi connectivity index (χ1v) is 10.2. The van der Waals surface area contributed by atoms with Crippen molar-refractivity contribution in [3.63, 3.8) is 0 Å². The summed E-state index contributed by atoms with van der Waals surface area (Å²) in [6, 6.07) is 23.6. The molecule has 0 aromatic heterocycles. The van der Waals surface area contributed by atoms with E-state index in [1.54, 1.807) is 7.11 Å². The minimum atomic E-state index is -0.140. The van der Waals surface area contributed by atoms with Crippen LogP contribution in [0.15, 0.2) is 72.8 Å². The van der Waals surface area contributed by atoms with Crippen molar-refractivity contribution < 1.29 is 14.3 Å². The smallest absolute Gasteiger partial charge is 0.225 e. The van der Waals surface area contributed by atoms with Gasteiger partial charge in [-0.05, 0) is 62.2 Å². The Balaban J connectivity index is 1.88. The molecule has 0 aliphatic rings. The van der Waals surface area contributed by atoms with Crippen LogP contribution in [0, 0.1) is 6.92 Å². The molecular formula is C26H29NO3. The Morgan fingerprint density at radius 2 is 1.70 bits per heavy atom. The van der Waals surface area contributed by atoms with Gasteiger partial charge in [-0.25, -0.2) is 0 Å². The molecule has 1 N–H and O–H groups in total. The highest BCUT2D eigenvalue weighted by Crippen LogP contribution is 2.35. The number of nitrogens with one attached hydrogen (secondary N) is 1. The van der Waals surface area contributed by atoms with Crippen LogP contribution in [0.4, 0.5) is 5.69 Å². The lowest BCUT2D eigenvalue weighted by Gasteiger charge is -2.21. The Hall–Kier alpha value is -3.27. The summed E-state index contributed by atoms with van der Waals surface area (Å²) >= 11 is 0. The van der Waals surface area contributed by atoms with Gasteiger partial charge in [-0.15, -0.1) is 0 Å². The highest BCUT2D eigenvalue weighted by Gasteiger charge is 2.22. The van der Waals surface area contributed by atoms with E-state index >= 15 is 0 Å². The van der Waals surface area contributed by atoms with Crippen molar-refractivity contribution in [2.45, 2.75) is 39.2 Å². The van der Waals surface area contributed by atoms with Gasteiger partial charge in [0, 0.05) is 23.6 Å². The van der Waals surface area contributed by atoms with Crippen LogP contribution in [0.5, 0.6) is 11.5 Å². The van der Waals surface area contributed by atoms with E-state index in [9.17, 15) is 4.79 Å². The summed E-state index contributed by atoms with van der Waals surface area (Å²) in [4.78, 5) is 12.9. The van der Waals surface area contributed by atoms with Crippen molar-refractivity contribution >= 4 is 11.6 Å². The molecule has 0 fully saturated rings. The monoisotopic (exact) mass is 403 g/mol.